The van der Waals surface area contributed by atoms with E-state index in [1.807, 2.05) is 0 Å². The number of benzene rings is 1. The van der Waals surface area contributed by atoms with E-state index in [2.05, 4.69) is 10.6 Å². The van der Waals surface area contributed by atoms with E-state index >= 15 is 0 Å². The molecule has 1 amide bonds. The van der Waals surface area contributed by atoms with Crippen molar-refractivity contribution in [3.05, 3.63) is 28.8 Å². The maximum Gasteiger partial charge on any atom is 0.416 e. The average Bonchev–Trinajstić information content (AvgIpc) is 2.36. The topological polar surface area (TPSA) is 50.4 Å². The van der Waals surface area contributed by atoms with E-state index in [0.29, 0.717) is 25.2 Å². The van der Waals surface area contributed by atoms with Crippen LogP contribution >= 0.6 is 11.6 Å². The van der Waals surface area contributed by atoms with Crippen LogP contribution in [0, 0.1) is 0 Å². The van der Waals surface area contributed by atoms with Crippen LogP contribution in [0.25, 0.3) is 0 Å². The summed E-state index contributed by atoms with van der Waals surface area (Å²) in [6.45, 7) is 6.11. The molecule has 0 aromatic heterocycles. The molecule has 1 rings (SSSR count). The Balaban J connectivity index is 2.35. The van der Waals surface area contributed by atoms with E-state index in [9.17, 15) is 18.0 Å². The van der Waals surface area contributed by atoms with Crippen LogP contribution in [0.1, 0.15) is 32.8 Å². The van der Waals surface area contributed by atoms with Crippen LogP contribution in [-0.2, 0) is 10.9 Å². The molecule has 0 saturated heterocycles. The zero-order valence-electron chi connectivity index (χ0n) is 13.2. The van der Waals surface area contributed by atoms with Gasteiger partial charge >= 0.3 is 12.3 Å². The lowest BCUT2D eigenvalue weighted by molar-refractivity contribution is -0.137. The number of nitrogens with one attached hydrogen (secondary N) is 2. The highest BCUT2D eigenvalue weighted by atomic mass is 35.5. The minimum absolute atomic E-state index is 0.0000681. The fraction of sp³-hybridized carbons (Fsp3) is 0.533. The molecule has 0 fully saturated rings. The highest BCUT2D eigenvalue weighted by Crippen LogP contribution is 2.33. The third-order valence-corrected chi connectivity index (χ3v) is 2.95. The van der Waals surface area contributed by atoms with Crippen LogP contribution in [0.15, 0.2) is 18.2 Å². The number of ether oxygens (including phenoxy) is 1. The van der Waals surface area contributed by atoms with Crippen molar-refractivity contribution in [2.24, 2.45) is 0 Å². The number of halogens is 4. The van der Waals surface area contributed by atoms with E-state index in [1.165, 1.54) is 6.07 Å². The van der Waals surface area contributed by atoms with E-state index in [4.69, 9.17) is 16.3 Å². The molecule has 8 heteroatoms. The summed E-state index contributed by atoms with van der Waals surface area (Å²) >= 11 is 5.82. The first-order valence-electron chi connectivity index (χ1n) is 7.06. The number of alkyl halides is 3. The van der Waals surface area contributed by atoms with Crippen molar-refractivity contribution in [2.45, 2.75) is 39.0 Å². The van der Waals surface area contributed by atoms with Gasteiger partial charge in [0.2, 0.25) is 0 Å². The number of anilines is 1. The molecule has 2 N–H and O–H groups in total. The molecule has 0 bridgehead atoms. The van der Waals surface area contributed by atoms with Gasteiger partial charge in [-0.1, -0.05) is 11.6 Å². The van der Waals surface area contributed by atoms with Crippen LogP contribution in [-0.4, -0.2) is 24.8 Å². The van der Waals surface area contributed by atoms with E-state index in [-0.39, 0.29) is 5.02 Å². The second-order valence-corrected chi connectivity index (χ2v) is 6.31. The molecule has 0 radical (unpaired) electrons. The Kier molecular flexibility index (Phi) is 6.56. The molecular weight excluding hydrogens is 333 g/mol. The summed E-state index contributed by atoms with van der Waals surface area (Å²) in [7, 11) is 0. The SMILES string of the molecule is CC(C)(C)OC(=O)NCCCNc1ccc(C(F)(F)F)cc1Cl. The third kappa shape index (κ3) is 7.45. The van der Waals surface area contributed by atoms with E-state index < -0.39 is 23.4 Å². The molecule has 0 atom stereocenters. The Bertz CT molecular complexity index is 543. The van der Waals surface area contributed by atoms with Gasteiger partial charge in [-0.3, -0.25) is 0 Å². The minimum Gasteiger partial charge on any atom is -0.444 e. The van der Waals surface area contributed by atoms with Gasteiger partial charge in [0, 0.05) is 13.1 Å². The standard InChI is InChI=1S/C15H20ClF3N2O2/c1-14(2,3)23-13(22)21-8-4-7-20-12-6-5-10(9-11(12)16)15(17,18)19/h5-6,9,20H,4,7-8H2,1-3H3,(H,21,22). The molecule has 0 aliphatic rings. The molecule has 0 spiro atoms. The van der Waals surface area contributed by atoms with Gasteiger partial charge < -0.3 is 15.4 Å². The zero-order chi connectivity index (χ0) is 17.7. The van der Waals surface area contributed by atoms with Gasteiger partial charge in [0.05, 0.1) is 16.3 Å². The smallest absolute Gasteiger partial charge is 0.416 e. The zero-order valence-corrected chi connectivity index (χ0v) is 13.9. The molecule has 23 heavy (non-hydrogen) atoms. The number of hydrogen-bond acceptors (Lipinski definition) is 3. The molecule has 0 aliphatic carbocycles. The first-order chi connectivity index (χ1) is 10.5. The molecule has 1 aromatic carbocycles. The summed E-state index contributed by atoms with van der Waals surface area (Å²) in [4.78, 5) is 11.4. The van der Waals surface area contributed by atoms with Crippen molar-refractivity contribution >= 4 is 23.4 Å². The maximum atomic E-state index is 12.5. The van der Waals surface area contributed by atoms with Gasteiger partial charge in [-0.05, 0) is 45.4 Å². The third-order valence-electron chi connectivity index (χ3n) is 2.63. The first-order valence-corrected chi connectivity index (χ1v) is 7.44. The van der Waals surface area contributed by atoms with Gasteiger partial charge in [0.1, 0.15) is 5.60 Å². The van der Waals surface area contributed by atoms with Gasteiger partial charge in [0.15, 0.2) is 0 Å². The van der Waals surface area contributed by atoms with Gasteiger partial charge in [-0.15, -0.1) is 0 Å². The first kappa shape index (κ1) is 19.4. The number of rotatable bonds is 5. The van der Waals surface area contributed by atoms with E-state index in [0.717, 1.165) is 12.1 Å². The molecule has 0 unspecified atom stereocenters. The molecule has 130 valence electrons. The van der Waals surface area contributed by atoms with Crippen LogP contribution in [0.3, 0.4) is 0 Å². The van der Waals surface area contributed by atoms with Crippen molar-refractivity contribution in [1.82, 2.24) is 5.32 Å². The van der Waals surface area contributed by atoms with Gasteiger partial charge in [-0.2, -0.15) is 13.2 Å². The molecule has 1 aromatic rings. The fourth-order valence-electron chi connectivity index (χ4n) is 1.65. The lowest BCUT2D eigenvalue weighted by Gasteiger charge is -2.19. The number of carbonyl (C=O) groups excluding carboxylic acids is 1. The van der Waals surface area contributed by atoms with Crippen molar-refractivity contribution in [3.63, 3.8) is 0 Å². The van der Waals surface area contributed by atoms with E-state index in [1.54, 1.807) is 20.8 Å². The second-order valence-electron chi connectivity index (χ2n) is 5.90. The summed E-state index contributed by atoms with van der Waals surface area (Å²) in [5, 5.41) is 5.51. The summed E-state index contributed by atoms with van der Waals surface area (Å²) in [5.41, 5.74) is -0.938. The molecule has 4 nitrogen and oxygen atoms in total. The number of amides is 1. The number of carbonyl (C=O) groups is 1. The predicted molar refractivity (Wildman–Crippen MR) is 83.8 cm³/mol. The molecule has 0 heterocycles. The molecule has 0 aliphatic heterocycles. The predicted octanol–water partition coefficient (Wildman–Crippen LogP) is 4.69. The highest BCUT2D eigenvalue weighted by Gasteiger charge is 2.30. The Hall–Kier alpha value is -1.63. The minimum atomic E-state index is -4.42. The quantitative estimate of drug-likeness (QED) is 0.756. The van der Waals surface area contributed by atoms with Crippen LogP contribution < -0.4 is 10.6 Å². The average molecular weight is 353 g/mol. The van der Waals surface area contributed by atoms with Crippen molar-refractivity contribution in [3.8, 4) is 0 Å². The molecule has 0 saturated carbocycles. The van der Waals surface area contributed by atoms with Crippen molar-refractivity contribution in [1.29, 1.82) is 0 Å². The monoisotopic (exact) mass is 352 g/mol. The highest BCUT2D eigenvalue weighted by molar-refractivity contribution is 6.33. The maximum absolute atomic E-state index is 12.5. The lowest BCUT2D eigenvalue weighted by Crippen LogP contribution is -2.33. The van der Waals surface area contributed by atoms with Gasteiger partial charge in [-0.25, -0.2) is 4.79 Å². The molecular formula is C15H20ClF3N2O2. The lowest BCUT2D eigenvalue weighted by atomic mass is 10.2. The summed E-state index contributed by atoms with van der Waals surface area (Å²) < 4.78 is 42.6. The summed E-state index contributed by atoms with van der Waals surface area (Å²) in [6, 6.07) is 3.13. The van der Waals surface area contributed by atoms with Crippen molar-refractivity contribution < 1.29 is 22.7 Å². The van der Waals surface area contributed by atoms with Gasteiger partial charge in [0.25, 0.3) is 0 Å². The van der Waals surface area contributed by atoms with Crippen molar-refractivity contribution in [2.75, 3.05) is 18.4 Å². The second kappa shape index (κ2) is 7.77. The van der Waals surface area contributed by atoms with Crippen LogP contribution in [0.5, 0.6) is 0 Å². The largest absolute Gasteiger partial charge is 0.444 e. The normalized spacial score (nSPS) is 12.0. The Morgan fingerprint density at radius 3 is 2.39 bits per heavy atom. The van der Waals surface area contributed by atoms with Crippen LogP contribution in [0.2, 0.25) is 5.02 Å². The van der Waals surface area contributed by atoms with Crippen LogP contribution in [0.4, 0.5) is 23.7 Å². The number of alkyl carbamates (subject to hydrolysis) is 1. The fourth-order valence-corrected chi connectivity index (χ4v) is 1.90. The summed E-state index contributed by atoms with van der Waals surface area (Å²) in [5.74, 6) is 0. The summed E-state index contributed by atoms with van der Waals surface area (Å²) in [6.07, 6.45) is -4.36. The Morgan fingerprint density at radius 2 is 1.87 bits per heavy atom. The Morgan fingerprint density at radius 1 is 1.22 bits per heavy atom. The Labute approximate surface area is 138 Å². The number of hydrogen-bond donors (Lipinski definition) is 2.